The van der Waals surface area contributed by atoms with Gasteiger partial charge in [-0.2, -0.15) is 0 Å². The van der Waals surface area contributed by atoms with Crippen molar-refractivity contribution in [3.05, 3.63) is 6.33 Å². The van der Waals surface area contributed by atoms with E-state index in [9.17, 15) is 13.2 Å². The number of nitrogens with zero attached hydrogens (tertiary/aromatic N) is 2. The van der Waals surface area contributed by atoms with Crippen LogP contribution < -0.4 is 15.8 Å². The van der Waals surface area contributed by atoms with Gasteiger partial charge in [-0.1, -0.05) is 0 Å². The molecular weight excluding hydrogens is 282 g/mol. The summed E-state index contributed by atoms with van der Waals surface area (Å²) in [4.78, 5) is 15.2. The number of nitrogens with one attached hydrogen (secondary N) is 2. The van der Waals surface area contributed by atoms with Crippen LogP contribution in [0, 0.1) is 0 Å². The Balaban J connectivity index is 1.79. The summed E-state index contributed by atoms with van der Waals surface area (Å²) in [7, 11) is -2.14. The van der Waals surface area contributed by atoms with Crippen LogP contribution >= 0.6 is 0 Å². The maximum Gasteiger partial charge on any atom is 0.260 e. The minimum Gasteiger partial charge on any atom is -0.381 e. The standard InChI is InChI=1S/C11H19N5O3S/c1-16-7-13-10(12)11(16)20(18,19)14-6-2-3-9(17)15-8-4-5-8/h7-8,14H,2-6,12H2,1H3,(H,15,17). The second-order valence-electron chi connectivity index (χ2n) is 4.89. The summed E-state index contributed by atoms with van der Waals surface area (Å²) < 4.78 is 27.8. The maximum absolute atomic E-state index is 12.0. The van der Waals surface area contributed by atoms with Crippen LogP contribution in [0.5, 0.6) is 0 Å². The third-order valence-electron chi connectivity index (χ3n) is 2.98. The number of amides is 1. The molecule has 0 aliphatic heterocycles. The first-order valence-corrected chi connectivity index (χ1v) is 7.94. The number of nitrogens with two attached hydrogens (primary N) is 1. The van der Waals surface area contributed by atoms with Gasteiger partial charge in [0, 0.05) is 26.1 Å². The second kappa shape index (κ2) is 5.80. The molecular formula is C11H19N5O3S. The first kappa shape index (κ1) is 14.8. The lowest BCUT2D eigenvalue weighted by Gasteiger charge is -2.08. The van der Waals surface area contributed by atoms with Gasteiger partial charge in [0.2, 0.25) is 5.91 Å². The van der Waals surface area contributed by atoms with Crippen molar-refractivity contribution in [3.63, 3.8) is 0 Å². The summed E-state index contributed by atoms with van der Waals surface area (Å²) in [5, 5.41) is 2.79. The SMILES string of the molecule is Cn1cnc(N)c1S(=O)(=O)NCCCC(=O)NC1CC1. The fourth-order valence-corrected chi connectivity index (χ4v) is 3.12. The van der Waals surface area contributed by atoms with E-state index in [1.54, 1.807) is 7.05 Å². The normalized spacial score (nSPS) is 15.2. The van der Waals surface area contributed by atoms with Crippen molar-refractivity contribution in [1.29, 1.82) is 0 Å². The Kier molecular flexibility index (Phi) is 4.29. The number of carbonyl (C=O) groups is 1. The number of aromatic nitrogens is 2. The molecule has 20 heavy (non-hydrogen) atoms. The Hall–Kier alpha value is -1.61. The molecule has 1 fully saturated rings. The van der Waals surface area contributed by atoms with Gasteiger partial charge in [0.05, 0.1) is 6.33 Å². The number of sulfonamides is 1. The quantitative estimate of drug-likeness (QED) is 0.578. The summed E-state index contributed by atoms with van der Waals surface area (Å²) in [5.41, 5.74) is 5.53. The number of hydrogen-bond acceptors (Lipinski definition) is 5. The molecule has 1 heterocycles. The van der Waals surface area contributed by atoms with E-state index in [2.05, 4.69) is 15.0 Å². The summed E-state index contributed by atoms with van der Waals surface area (Å²) >= 11 is 0. The number of hydrogen-bond donors (Lipinski definition) is 3. The molecule has 1 amide bonds. The van der Waals surface area contributed by atoms with Gasteiger partial charge < -0.3 is 15.6 Å². The molecule has 1 aliphatic carbocycles. The lowest BCUT2D eigenvalue weighted by Crippen LogP contribution is -2.29. The number of rotatable bonds is 7. The van der Waals surface area contributed by atoms with Crippen molar-refractivity contribution in [2.45, 2.75) is 36.8 Å². The van der Waals surface area contributed by atoms with E-state index in [4.69, 9.17) is 5.73 Å². The Morgan fingerprint density at radius 1 is 1.55 bits per heavy atom. The Morgan fingerprint density at radius 3 is 2.80 bits per heavy atom. The van der Waals surface area contributed by atoms with E-state index in [1.807, 2.05) is 0 Å². The van der Waals surface area contributed by atoms with E-state index < -0.39 is 10.0 Å². The number of carbonyl (C=O) groups excluding carboxylic acids is 1. The number of aryl methyl sites for hydroxylation is 1. The maximum atomic E-state index is 12.0. The summed E-state index contributed by atoms with van der Waals surface area (Å²) in [6, 6.07) is 0.327. The Bertz CT molecular complexity index is 572. The molecule has 0 unspecified atom stereocenters. The third kappa shape index (κ3) is 3.70. The van der Waals surface area contributed by atoms with Crippen molar-refractivity contribution in [2.24, 2.45) is 7.05 Å². The summed E-state index contributed by atoms with van der Waals surface area (Å²) in [6.45, 7) is 0.186. The minimum atomic E-state index is -3.69. The molecule has 0 atom stereocenters. The predicted molar refractivity (Wildman–Crippen MR) is 73.2 cm³/mol. The Labute approximate surface area is 117 Å². The van der Waals surface area contributed by atoms with Crippen molar-refractivity contribution < 1.29 is 13.2 Å². The molecule has 1 aromatic heterocycles. The average Bonchev–Trinajstić information content (AvgIpc) is 3.09. The van der Waals surface area contributed by atoms with Crippen LogP contribution in [0.15, 0.2) is 11.4 Å². The fraction of sp³-hybridized carbons (Fsp3) is 0.636. The number of imidazole rings is 1. The van der Waals surface area contributed by atoms with E-state index in [0.717, 1.165) is 12.8 Å². The molecule has 0 saturated heterocycles. The summed E-state index contributed by atoms with van der Waals surface area (Å²) in [6.07, 6.45) is 4.17. The highest BCUT2D eigenvalue weighted by molar-refractivity contribution is 7.89. The lowest BCUT2D eigenvalue weighted by atomic mass is 10.3. The summed E-state index contributed by atoms with van der Waals surface area (Å²) in [5.74, 6) is -0.0711. The smallest absolute Gasteiger partial charge is 0.260 e. The van der Waals surface area contributed by atoms with Crippen LogP contribution in [0.2, 0.25) is 0 Å². The highest BCUT2D eigenvalue weighted by Crippen LogP contribution is 2.18. The van der Waals surface area contributed by atoms with Crippen LogP contribution in [0.3, 0.4) is 0 Å². The first-order valence-electron chi connectivity index (χ1n) is 6.46. The highest BCUT2D eigenvalue weighted by Gasteiger charge is 2.24. The molecule has 2 rings (SSSR count). The largest absolute Gasteiger partial charge is 0.381 e. The van der Waals surface area contributed by atoms with Gasteiger partial charge in [0.1, 0.15) is 0 Å². The minimum absolute atomic E-state index is 0.0354. The molecule has 1 aromatic rings. The molecule has 8 nitrogen and oxygen atoms in total. The lowest BCUT2D eigenvalue weighted by molar-refractivity contribution is -0.121. The van der Waals surface area contributed by atoms with Crippen LogP contribution in [0.25, 0.3) is 0 Å². The molecule has 112 valence electrons. The van der Waals surface area contributed by atoms with Gasteiger partial charge >= 0.3 is 0 Å². The van der Waals surface area contributed by atoms with Gasteiger partial charge in [-0.3, -0.25) is 4.79 Å². The molecule has 0 aromatic carbocycles. The highest BCUT2D eigenvalue weighted by atomic mass is 32.2. The third-order valence-corrected chi connectivity index (χ3v) is 4.57. The zero-order valence-corrected chi connectivity index (χ0v) is 12.1. The second-order valence-corrected chi connectivity index (χ2v) is 6.57. The van der Waals surface area contributed by atoms with Crippen LogP contribution in [0.1, 0.15) is 25.7 Å². The van der Waals surface area contributed by atoms with E-state index in [1.165, 1.54) is 10.9 Å². The molecule has 0 spiro atoms. The van der Waals surface area contributed by atoms with Crippen LogP contribution in [0.4, 0.5) is 5.82 Å². The molecule has 0 bridgehead atoms. The van der Waals surface area contributed by atoms with Crippen molar-refractivity contribution in [1.82, 2.24) is 19.6 Å². The zero-order chi connectivity index (χ0) is 14.8. The van der Waals surface area contributed by atoms with Gasteiger partial charge in [0.15, 0.2) is 10.8 Å². The van der Waals surface area contributed by atoms with E-state index >= 15 is 0 Å². The van der Waals surface area contributed by atoms with E-state index in [-0.39, 0.29) is 23.3 Å². The number of nitrogen functional groups attached to an aromatic ring is 1. The zero-order valence-electron chi connectivity index (χ0n) is 11.3. The van der Waals surface area contributed by atoms with Gasteiger partial charge in [-0.25, -0.2) is 18.1 Å². The molecule has 4 N–H and O–H groups in total. The first-order chi connectivity index (χ1) is 9.40. The van der Waals surface area contributed by atoms with E-state index in [0.29, 0.717) is 18.9 Å². The van der Waals surface area contributed by atoms with Gasteiger partial charge in [-0.05, 0) is 19.3 Å². The van der Waals surface area contributed by atoms with Gasteiger partial charge in [-0.15, -0.1) is 0 Å². The van der Waals surface area contributed by atoms with Crippen molar-refractivity contribution >= 4 is 21.7 Å². The Morgan fingerprint density at radius 2 is 2.25 bits per heavy atom. The molecule has 1 aliphatic rings. The monoisotopic (exact) mass is 301 g/mol. The average molecular weight is 301 g/mol. The van der Waals surface area contributed by atoms with Crippen LogP contribution in [-0.2, 0) is 21.9 Å². The topological polar surface area (TPSA) is 119 Å². The van der Waals surface area contributed by atoms with Crippen molar-refractivity contribution in [3.8, 4) is 0 Å². The molecule has 9 heteroatoms. The van der Waals surface area contributed by atoms with Gasteiger partial charge in [0.25, 0.3) is 10.0 Å². The van der Waals surface area contributed by atoms with Crippen molar-refractivity contribution in [2.75, 3.05) is 12.3 Å². The number of anilines is 1. The van der Waals surface area contributed by atoms with Crippen LogP contribution in [-0.4, -0.2) is 36.5 Å². The molecule has 1 saturated carbocycles. The predicted octanol–water partition coefficient (Wildman–Crippen LogP) is -0.661. The molecule has 0 radical (unpaired) electrons. The fourth-order valence-electron chi connectivity index (χ4n) is 1.82.